The summed E-state index contributed by atoms with van der Waals surface area (Å²) >= 11 is 1.21. The first-order chi connectivity index (χ1) is 13.0. The zero-order valence-electron chi connectivity index (χ0n) is 15.1. The first kappa shape index (κ1) is 18.9. The number of hydrogen-bond acceptors (Lipinski definition) is 5. The summed E-state index contributed by atoms with van der Waals surface area (Å²) in [6.45, 7) is 0.451. The summed E-state index contributed by atoms with van der Waals surface area (Å²) in [5.41, 5.74) is 2.48. The summed E-state index contributed by atoms with van der Waals surface area (Å²) in [7, 11) is 3.96. The van der Waals surface area contributed by atoms with Crippen molar-refractivity contribution in [3.05, 3.63) is 66.2 Å². The van der Waals surface area contributed by atoms with Gasteiger partial charge in [-0.2, -0.15) is 0 Å². The van der Waals surface area contributed by atoms with Gasteiger partial charge in [-0.25, -0.2) is 4.39 Å². The molecule has 3 aromatic rings. The lowest BCUT2D eigenvalue weighted by Gasteiger charge is -2.13. The number of nitrogens with one attached hydrogen (secondary N) is 1. The molecule has 0 spiro atoms. The van der Waals surface area contributed by atoms with E-state index in [4.69, 9.17) is 0 Å². The number of thioether (sulfide) groups is 1. The fourth-order valence-electron chi connectivity index (χ4n) is 2.43. The topological polar surface area (TPSA) is 63.1 Å². The van der Waals surface area contributed by atoms with Gasteiger partial charge in [-0.1, -0.05) is 36.0 Å². The van der Waals surface area contributed by atoms with E-state index in [2.05, 4.69) is 15.5 Å². The van der Waals surface area contributed by atoms with Crippen LogP contribution in [-0.4, -0.2) is 40.5 Å². The van der Waals surface area contributed by atoms with Crippen LogP contribution in [0.1, 0.15) is 5.56 Å². The number of para-hydroxylation sites is 1. The molecule has 0 aliphatic carbocycles. The molecule has 3 rings (SSSR count). The maximum Gasteiger partial charge on any atom is 0.230 e. The smallest absolute Gasteiger partial charge is 0.230 e. The Morgan fingerprint density at radius 2 is 1.93 bits per heavy atom. The quantitative estimate of drug-likeness (QED) is 0.634. The van der Waals surface area contributed by atoms with Gasteiger partial charge in [-0.15, -0.1) is 10.2 Å². The Hall–Kier alpha value is -2.87. The van der Waals surface area contributed by atoms with E-state index in [-0.39, 0.29) is 17.5 Å². The number of rotatable bonds is 7. The monoisotopic (exact) mass is 385 g/mol. The van der Waals surface area contributed by atoms with Gasteiger partial charge in [0.15, 0.2) is 5.16 Å². The Labute approximate surface area is 161 Å². The number of carbonyl (C=O) groups excluding carboxylic acids is 1. The van der Waals surface area contributed by atoms with E-state index in [0.29, 0.717) is 17.4 Å². The first-order valence-electron chi connectivity index (χ1n) is 8.35. The molecule has 1 amide bonds. The van der Waals surface area contributed by atoms with Crippen molar-refractivity contribution in [1.29, 1.82) is 0 Å². The van der Waals surface area contributed by atoms with Crippen molar-refractivity contribution >= 4 is 23.4 Å². The third-order valence-electron chi connectivity index (χ3n) is 3.90. The van der Waals surface area contributed by atoms with Crippen LogP contribution in [0.3, 0.4) is 0 Å². The van der Waals surface area contributed by atoms with E-state index >= 15 is 0 Å². The van der Waals surface area contributed by atoms with Gasteiger partial charge in [0.2, 0.25) is 5.91 Å². The third-order valence-corrected chi connectivity index (χ3v) is 4.85. The molecule has 1 N–H and O–H groups in total. The van der Waals surface area contributed by atoms with Crippen LogP contribution in [0.15, 0.2) is 60.0 Å². The minimum Gasteiger partial charge on any atom is -0.378 e. The number of carbonyl (C=O) groups is 1. The Bertz CT molecular complexity index is 910. The molecule has 1 heterocycles. The molecule has 0 radical (unpaired) electrons. The summed E-state index contributed by atoms with van der Waals surface area (Å²) in [5.74, 6) is -0.326. The average molecular weight is 385 g/mol. The first-order valence-corrected chi connectivity index (χ1v) is 9.34. The Kier molecular flexibility index (Phi) is 6.08. The Balaban J connectivity index is 1.54. The van der Waals surface area contributed by atoms with Crippen LogP contribution >= 0.6 is 11.8 Å². The Morgan fingerprint density at radius 1 is 1.19 bits per heavy atom. The van der Waals surface area contributed by atoms with Crippen LogP contribution in [0.5, 0.6) is 0 Å². The molecule has 2 aromatic carbocycles. The minimum atomic E-state index is -0.371. The SMILES string of the molecule is CN(C)c1ccc(CNC(=O)CSc2nncn2-c2ccccc2F)cc1. The van der Waals surface area contributed by atoms with Gasteiger partial charge in [0, 0.05) is 26.3 Å². The number of benzene rings is 2. The molecule has 6 nitrogen and oxygen atoms in total. The number of nitrogens with zero attached hydrogens (tertiary/aromatic N) is 4. The molecule has 1 aromatic heterocycles. The van der Waals surface area contributed by atoms with Crippen molar-refractivity contribution in [2.75, 3.05) is 24.7 Å². The number of halogens is 1. The predicted molar refractivity (Wildman–Crippen MR) is 105 cm³/mol. The molecule has 8 heteroatoms. The zero-order valence-corrected chi connectivity index (χ0v) is 15.9. The van der Waals surface area contributed by atoms with Crippen LogP contribution in [0, 0.1) is 5.82 Å². The van der Waals surface area contributed by atoms with Crippen molar-refractivity contribution in [3.63, 3.8) is 0 Å². The highest BCUT2D eigenvalue weighted by Gasteiger charge is 2.12. The van der Waals surface area contributed by atoms with Gasteiger partial charge in [0.05, 0.1) is 11.4 Å². The number of anilines is 1. The maximum atomic E-state index is 14.0. The second-order valence-electron chi connectivity index (χ2n) is 6.06. The zero-order chi connectivity index (χ0) is 19.2. The van der Waals surface area contributed by atoms with Crippen molar-refractivity contribution in [3.8, 4) is 5.69 Å². The van der Waals surface area contributed by atoms with E-state index in [1.807, 2.05) is 43.3 Å². The molecule has 0 atom stereocenters. The highest BCUT2D eigenvalue weighted by Crippen LogP contribution is 2.21. The summed E-state index contributed by atoms with van der Waals surface area (Å²) in [5, 5.41) is 11.1. The molecule has 0 aliphatic heterocycles. The summed E-state index contributed by atoms with van der Waals surface area (Å²) in [6, 6.07) is 14.4. The third kappa shape index (κ3) is 4.85. The van der Waals surface area contributed by atoms with Crippen molar-refractivity contribution < 1.29 is 9.18 Å². The van der Waals surface area contributed by atoms with Crippen LogP contribution in [-0.2, 0) is 11.3 Å². The lowest BCUT2D eigenvalue weighted by atomic mass is 10.2. The second kappa shape index (κ2) is 8.68. The number of hydrogen-bond donors (Lipinski definition) is 1. The van der Waals surface area contributed by atoms with E-state index in [1.165, 1.54) is 28.7 Å². The van der Waals surface area contributed by atoms with Crippen LogP contribution in [0.4, 0.5) is 10.1 Å². The molecular weight excluding hydrogens is 365 g/mol. The van der Waals surface area contributed by atoms with Crippen LogP contribution < -0.4 is 10.2 Å². The van der Waals surface area contributed by atoms with E-state index in [9.17, 15) is 9.18 Å². The van der Waals surface area contributed by atoms with Crippen molar-refractivity contribution in [2.45, 2.75) is 11.7 Å². The van der Waals surface area contributed by atoms with Crippen LogP contribution in [0.2, 0.25) is 0 Å². The van der Waals surface area contributed by atoms with Crippen molar-refractivity contribution in [1.82, 2.24) is 20.1 Å². The molecule has 0 saturated carbocycles. The standard InChI is InChI=1S/C19H20FN5OS/c1-24(2)15-9-7-14(8-10-15)11-21-18(26)12-27-19-23-22-13-25(19)17-6-4-3-5-16(17)20/h3-10,13H,11-12H2,1-2H3,(H,21,26). The molecule has 0 fully saturated rings. The molecule has 0 aliphatic rings. The van der Waals surface area contributed by atoms with Gasteiger partial charge in [0.1, 0.15) is 12.1 Å². The molecule has 0 saturated heterocycles. The fourth-order valence-corrected chi connectivity index (χ4v) is 3.18. The lowest BCUT2D eigenvalue weighted by molar-refractivity contribution is -0.118. The number of amides is 1. The Morgan fingerprint density at radius 3 is 2.63 bits per heavy atom. The fraction of sp³-hybridized carbons (Fsp3) is 0.211. The summed E-state index contributed by atoms with van der Waals surface area (Å²) < 4.78 is 15.5. The van der Waals surface area contributed by atoms with Crippen molar-refractivity contribution in [2.24, 2.45) is 0 Å². The average Bonchev–Trinajstić information content (AvgIpc) is 3.13. The normalized spacial score (nSPS) is 10.6. The van der Waals surface area contributed by atoms with Gasteiger partial charge < -0.3 is 10.2 Å². The molecule has 0 unspecified atom stereocenters. The largest absolute Gasteiger partial charge is 0.378 e. The second-order valence-corrected chi connectivity index (χ2v) is 7.00. The maximum absolute atomic E-state index is 14.0. The predicted octanol–water partition coefficient (Wildman–Crippen LogP) is 2.88. The lowest BCUT2D eigenvalue weighted by Crippen LogP contribution is -2.24. The highest BCUT2D eigenvalue weighted by atomic mass is 32.2. The van der Waals surface area contributed by atoms with Crippen LogP contribution in [0.25, 0.3) is 5.69 Å². The molecule has 140 valence electrons. The van der Waals surface area contributed by atoms with Gasteiger partial charge in [0.25, 0.3) is 0 Å². The minimum absolute atomic E-state index is 0.125. The van der Waals surface area contributed by atoms with E-state index in [0.717, 1.165) is 11.3 Å². The van der Waals surface area contributed by atoms with E-state index < -0.39 is 0 Å². The van der Waals surface area contributed by atoms with Gasteiger partial charge in [-0.05, 0) is 29.8 Å². The summed E-state index contributed by atoms with van der Waals surface area (Å²) in [4.78, 5) is 14.1. The molecule has 0 bridgehead atoms. The summed E-state index contributed by atoms with van der Waals surface area (Å²) in [6.07, 6.45) is 1.44. The number of aromatic nitrogens is 3. The van der Waals surface area contributed by atoms with Gasteiger partial charge in [-0.3, -0.25) is 9.36 Å². The highest BCUT2D eigenvalue weighted by molar-refractivity contribution is 7.99. The van der Waals surface area contributed by atoms with Gasteiger partial charge >= 0.3 is 0 Å². The van der Waals surface area contributed by atoms with E-state index in [1.54, 1.807) is 18.2 Å². The molecular formula is C19H20FN5OS. The molecule has 27 heavy (non-hydrogen) atoms.